The van der Waals surface area contributed by atoms with Crippen LogP contribution >= 0.6 is 11.8 Å². The molecular weight excluding hydrogens is 224 g/mol. The highest BCUT2D eigenvalue weighted by atomic mass is 32.2. The fourth-order valence-electron chi connectivity index (χ4n) is 0.808. The topological polar surface area (TPSA) is 99.4 Å². The maximum absolute atomic E-state index is 8.91. The summed E-state index contributed by atoms with van der Waals surface area (Å²) in [6.07, 6.45) is 0. The third kappa shape index (κ3) is 7.97. The van der Waals surface area contributed by atoms with Crippen molar-refractivity contribution >= 4 is 11.8 Å². The largest absolute Gasteiger partial charge is 0.394 e. The molecule has 0 bridgehead atoms. The van der Waals surface area contributed by atoms with Crippen molar-refractivity contribution in [3.63, 3.8) is 0 Å². The Morgan fingerprint density at radius 3 is 1.47 bits per heavy atom. The first-order valence-corrected chi connectivity index (χ1v) is 5.54. The highest BCUT2D eigenvalue weighted by Crippen LogP contribution is 2.19. The average Bonchev–Trinajstić information content (AvgIpc) is 2.28. The van der Waals surface area contributed by atoms with Crippen LogP contribution in [-0.2, 0) is 9.47 Å². The van der Waals surface area contributed by atoms with E-state index in [9.17, 15) is 0 Å². The van der Waals surface area contributed by atoms with Gasteiger partial charge in [-0.1, -0.05) is 11.8 Å². The third-order valence-electron chi connectivity index (χ3n) is 1.39. The molecule has 0 radical (unpaired) electrons. The SMILES string of the molecule is OCCOC(CO)SC(CO)OCCO. The Bertz CT molecular complexity index is 122. The first-order valence-electron chi connectivity index (χ1n) is 4.60. The van der Waals surface area contributed by atoms with Gasteiger partial charge in [-0.15, -0.1) is 0 Å². The van der Waals surface area contributed by atoms with Gasteiger partial charge in [0, 0.05) is 0 Å². The van der Waals surface area contributed by atoms with Crippen LogP contribution in [0.4, 0.5) is 0 Å². The van der Waals surface area contributed by atoms with Gasteiger partial charge in [-0.2, -0.15) is 0 Å². The normalized spacial score (nSPS) is 15.2. The van der Waals surface area contributed by atoms with Crippen LogP contribution in [0, 0.1) is 0 Å². The Labute approximate surface area is 92.8 Å². The van der Waals surface area contributed by atoms with Gasteiger partial charge in [-0.3, -0.25) is 0 Å². The quantitative estimate of drug-likeness (QED) is 0.341. The summed E-state index contributed by atoms with van der Waals surface area (Å²) in [5.74, 6) is 0. The number of hydrogen-bond donors (Lipinski definition) is 4. The minimum Gasteiger partial charge on any atom is -0.394 e. The lowest BCUT2D eigenvalue weighted by Crippen LogP contribution is -2.24. The van der Waals surface area contributed by atoms with E-state index >= 15 is 0 Å². The number of aliphatic hydroxyl groups is 4. The zero-order valence-electron chi connectivity index (χ0n) is 8.41. The molecule has 0 aliphatic carbocycles. The Morgan fingerprint density at radius 2 is 1.20 bits per heavy atom. The molecule has 2 atom stereocenters. The average molecular weight is 242 g/mol. The molecule has 15 heavy (non-hydrogen) atoms. The molecule has 0 aromatic carbocycles. The van der Waals surface area contributed by atoms with Crippen molar-refractivity contribution in [2.24, 2.45) is 0 Å². The van der Waals surface area contributed by atoms with Crippen LogP contribution in [0.3, 0.4) is 0 Å². The number of ether oxygens (including phenoxy) is 2. The maximum Gasteiger partial charge on any atom is 0.128 e. The summed E-state index contributed by atoms with van der Waals surface area (Å²) in [4.78, 5) is 0. The van der Waals surface area contributed by atoms with Gasteiger partial charge in [-0.05, 0) is 0 Å². The number of hydrogen-bond acceptors (Lipinski definition) is 7. The van der Waals surface area contributed by atoms with Crippen LogP contribution < -0.4 is 0 Å². The molecule has 0 heterocycles. The summed E-state index contributed by atoms with van der Waals surface area (Å²) in [5.41, 5.74) is -1.10. The fourth-order valence-corrected chi connectivity index (χ4v) is 1.67. The van der Waals surface area contributed by atoms with Gasteiger partial charge in [0.1, 0.15) is 10.9 Å². The molecule has 0 saturated carbocycles. The lowest BCUT2D eigenvalue weighted by atomic mass is 10.7. The standard InChI is InChI=1S/C8H18O6S/c9-1-3-13-7(5-11)15-8(6-12)14-4-2-10/h7-12H,1-6H2. The van der Waals surface area contributed by atoms with Crippen LogP contribution in [0.5, 0.6) is 0 Å². The molecule has 0 fully saturated rings. The van der Waals surface area contributed by atoms with Gasteiger partial charge in [0.15, 0.2) is 0 Å². The summed E-state index contributed by atoms with van der Waals surface area (Å²) in [6.45, 7) is -0.475. The number of thioether (sulfide) groups is 1. The van der Waals surface area contributed by atoms with Crippen molar-refractivity contribution in [3.05, 3.63) is 0 Å². The molecule has 2 unspecified atom stereocenters. The molecule has 0 aliphatic rings. The monoisotopic (exact) mass is 242 g/mol. The minimum absolute atomic E-state index is 0.121. The van der Waals surface area contributed by atoms with E-state index in [1.165, 1.54) is 0 Å². The highest BCUT2D eigenvalue weighted by Gasteiger charge is 2.16. The predicted octanol–water partition coefficient (Wildman–Crippen LogP) is -1.63. The zero-order valence-corrected chi connectivity index (χ0v) is 9.23. The molecule has 0 saturated heterocycles. The molecule has 0 aliphatic heterocycles. The molecule has 0 amide bonds. The summed E-state index contributed by atoms with van der Waals surface area (Å²) < 4.78 is 10.1. The van der Waals surface area contributed by atoms with Crippen LogP contribution in [0.15, 0.2) is 0 Å². The maximum atomic E-state index is 8.91. The molecule has 0 aromatic heterocycles. The second-order valence-corrected chi connectivity index (χ2v) is 3.87. The molecule has 0 aromatic rings. The Morgan fingerprint density at radius 1 is 0.800 bits per heavy atom. The van der Waals surface area contributed by atoms with E-state index in [0.29, 0.717) is 0 Å². The second kappa shape index (κ2) is 10.6. The number of aliphatic hydroxyl groups excluding tert-OH is 4. The van der Waals surface area contributed by atoms with Gasteiger partial charge < -0.3 is 29.9 Å². The molecule has 92 valence electrons. The van der Waals surface area contributed by atoms with Gasteiger partial charge in [0.05, 0.1) is 39.6 Å². The van der Waals surface area contributed by atoms with Gasteiger partial charge >= 0.3 is 0 Å². The first-order chi connectivity index (χ1) is 7.28. The summed E-state index contributed by atoms with van der Waals surface area (Å²) in [6, 6.07) is 0. The van der Waals surface area contributed by atoms with Gasteiger partial charge in [0.25, 0.3) is 0 Å². The van der Waals surface area contributed by atoms with E-state index in [-0.39, 0.29) is 39.6 Å². The van der Waals surface area contributed by atoms with Crippen molar-refractivity contribution in [2.75, 3.05) is 39.6 Å². The van der Waals surface area contributed by atoms with Crippen molar-refractivity contribution in [3.8, 4) is 0 Å². The Kier molecular flexibility index (Phi) is 10.7. The van der Waals surface area contributed by atoms with E-state index < -0.39 is 10.9 Å². The second-order valence-electron chi connectivity index (χ2n) is 2.55. The van der Waals surface area contributed by atoms with Gasteiger partial charge in [-0.25, -0.2) is 0 Å². The van der Waals surface area contributed by atoms with E-state index in [1.807, 2.05) is 0 Å². The molecule has 0 rings (SSSR count). The van der Waals surface area contributed by atoms with E-state index in [1.54, 1.807) is 0 Å². The smallest absolute Gasteiger partial charge is 0.128 e. The minimum atomic E-state index is -0.548. The van der Waals surface area contributed by atoms with Crippen LogP contribution in [-0.4, -0.2) is 70.9 Å². The lowest BCUT2D eigenvalue weighted by molar-refractivity contribution is 0.0281. The third-order valence-corrected chi connectivity index (χ3v) is 2.57. The van der Waals surface area contributed by atoms with Crippen molar-refractivity contribution in [1.82, 2.24) is 0 Å². The molecular formula is C8H18O6S. The van der Waals surface area contributed by atoms with Crippen molar-refractivity contribution in [1.29, 1.82) is 0 Å². The number of rotatable bonds is 10. The summed E-state index contributed by atoms with van der Waals surface area (Å²) in [7, 11) is 0. The molecule has 0 spiro atoms. The molecule has 4 N–H and O–H groups in total. The zero-order chi connectivity index (χ0) is 11.5. The lowest BCUT2D eigenvalue weighted by Gasteiger charge is -2.20. The molecule has 6 nitrogen and oxygen atoms in total. The Balaban J connectivity index is 3.77. The first kappa shape index (κ1) is 15.1. The van der Waals surface area contributed by atoms with Crippen molar-refractivity contribution in [2.45, 2.75) is 10.9 Å². The summed E-state index contributed by atoms with van der Waals surface area (Å²) >= 11 is 1.10. The van der Waals surface area contributed by atoms with E-state index in [4.69, 9.17) is 29.9 Å². The fraction of sp³-hybridized carbons (Fsp3) is 1.00. The highest BCUT2D eigenvalue weighted by molar-refractivity contribution is 8.00. The summed E-state index contributed by atoms with van der Waals surface area (Å²) in [5, 5.41) is 34.8. The van der Waals surface area contributed by atoms with Crippen LogP contribution in [0.25, 0.3) is 0 Å². The van der Waals surface area contributed by atoms with Crippen LogP contribution in [0.2, 0.25) is 0 Å². The van der Waals surface area contributed by atoms with E-state index in [2.05, 4.69) is 0 Å². The van der Waals surface area contributed by atoms with Crippen LogP contribution in [0.1, 0.15) is 0 Å². The molecule has 7 heteroatoms. The Hall–Kier alpha value is 0.110. The van der Waals surface area contributed by atoms with Crippen molar-refractivity contribution < 1.29 is 29.9 Å². The van der Waals surface area contributed by atoms with E-state index in [0.717, 1.165) is 11.8 Å². The predicted molar refractivity (Wildman–Crippen MR) is 55.4 cm³/mol. The van der Waals surface area contributed by atoms with Gasteiger partial charge in [0.2, 0.25) is 0 Å².